The van der Waals surface area contributed by atoms with E-state index in [0.717, 1.165) is 5.56 Å². The molecule has 1 aromatic rings. The van der Waals surface area contributed by atoms with E-state index in [1.807, 2.05) is 39.8 Å². The van der Waals surface area contributed by atoms with Gasteiger partial charge in [-0.2, -0.15) is 0 Å². The molecule has 0 bridgehead atoms. The van der Waals surface area contributed by atoms with Crippen molar-refractivity contribution in [1.82, 2.24) is 0 Å². The van der Waals surface area contributed by atoms with Gasteiger partial charge in [-0.25, -0.2) is 0 Å². The molecule has 1 aromatic carbocycles. The van der Waals surface area contributed by atoms with Gasteiger partial charge in [-0.05, 0) is 37.1 Å². The Morgan fingerprint density at radius 3 is 2.08 bits per heavy atom. The number of hydrogen-bond donors (Lipinski definition) is 2. The summed E-state index contributed by atoms with van der Waals surface area (Å²) >= 11 is 0. The van der Waals surface area contributed by atoms with E-state index >= 15 is 0 Å². The molecule has 0 aliphatic carbocycles. The zero-order valence-corrected chi connectivity index (χ0v) is 8.81. The van der Waals surface area contributed by atoms with Crippen LogP contribution in [-0.4, -0.2) is 6.21 Å². The third kappa shape index (κ3) is 2.90. The average molecular weight is 178 g/mol. The van der Waals surface area contributed by atoms with Crippen LogP contribution in [0, 0.1) is 19.3 Å². The van der Waals surface area contributed by atoms with Gasteiger partial charge in [0.1, 0.15) is 0 Å². The van der Waals surface area contributed by atoms with Crippen LogP contribution in [0.4, 0.5) is 5.69 Å². The molecule has 13 heavy (non-hydrogen) atoms. The van der Waals surface area contributed by atoms with E-state index in [1.54, 1.807) is 0 Å². The Kier molecular flexibility index (Phi) is 4.82. The molecule has 2 nitrogen and oxygen atoms in total. The summed E-state index contributed by atoms with van der Waals surface area (Å²) in [4.78, 5) is 0. The van der Waals surface area contributed by atoms with E-state index in [4.69, 9.17) is 11.1 Å². The number of nitrogen functional groups attached to an aromatic ring is 1. The summed E-state index contributed by atoms with van der Waals surface area (Å²) in [7, 11) is 0. The molecule has 0 aliphatic rings. The Bertz CT molecular complexity index is 290. The van der Waals surface area contributed by atoms with Crippen molar-refractivity contribution in [3.63, 3.8) is 0 Å². The van der Waals surface area contributed by atoms with Gasteiger partial charge in [0.25, 0.3) is 0 Å². The molecule has 0 unspecified atom stereocenters. The molecule has 0 fully saturated rings. The lowest BCUT2D eigenvalue weighted by Gasteiger charge is -2.04. The van der Waals surface area contributed by atoms with Crippen molar-refractivity contribution in [2.45, 2.75) is 27.7 Å². The maximum absolute atomic E-state index is 7.05. The molecule has 0 saturated heterocycles. The van der Waals surface area contributed by atoms with Crippen LogP contribution >= 0.6 is 0 Å². The molecule has 0 radical (unpaired) electrons. The van der Waals surface area contributed by atoms with Gasteiger partial charge in [0.2, 0.25) is 0 Å². The van der Waals surface area contributed by atoms with Gasteiger partial charge in [-0.3, -0.25) is 0 Å². The zero-order valence-electron chi connectivity index (χ0n) is 8.81. The standard InChI is InChI=1S/C9H12N2.C2H6/c1-6-3-8(5-10)9(11)4-7(6)2;1-2/h3-5,10H,11H2,1-2H3;1-2H3. The number of aryl methyl sites for hydroxylation is 2. The Labute approximate surface area is 80.3 Å². The van der Waals surface area contributed by atoms with E-state index < -0.39 is 0 Å². The lowest BCUT2D eigenvalue weighted by Crippen LogP contribution is -1.95. The van der Waals surface area contributed by atoms with Crippen molar-refractivity contribution >= 4 is 11.9 Å². The average Bonchev–Trinajstić information content (AvgIpc) is 2.15. The Morgan fingerprint density at radius 2 is 1.62 bits per heavy atom. The van der Waals surface area contributed by atoms with Gasteiger partial charge in [0.05, 0.1) is 0 Å². The van der Waals surface area contributed by atoms with Crippen LogP contribution in [0.1, 0.15) is 30.5 Å². The first-order chi connectivity index (χ1) is 6.15. The van der Waals surface area contributed by atoms with E-state index in [9.17, 15) is 0 Å². The summed E-state index contributed by atoms with van der Waals surface area (Å²) < 4.78 is 0. The van der Waals surface area contributed by atoms with E-state index in [0.29, 0.717) is 5.69 Å². The zero-order chi connectivity index (χ0) is 10.4. The molecule has 72 valence electrons. The number of anilines is 1. The van der Waals surface area contributed by atoms with Crippen molar-refractivity contribution in [2.24, 2.45) is 0 Å². The third-order valence-electron chi connectivity index (χ3n) is 1.85. The summed E-state index contributed by atoms with van der Waals surface area (Å²) in [6.07, 6.45) is 1.28. The molecule has 0 saturated carbocycles. The smallest absolute Gasteiger partial charge is 0.0405 e. The van der Waals surface area contributed by atoms with Crippen molar-refractivity contribution in [3.8, 4) is 0 Å². The maximum atomic E-state index is 7.05. The summed E-state index contributed by atoms with van der Waals surface area (Å²) in [5.41, 5.74) is 9.48. The molecule has 0 spiro atoms. The summed E-state index contributed by atoms with van der Waals surface area (Å²) in [5.74, 6) is 0. The fourth-order valence-electron chi connectivity index (χ4n) is 0.986. The van der Waals surface area contributed by atoms with Crippen LogP contribution in [-0.2, 0) is 0 Å². The summed E-state index contributed by atoms with van der Waals surface area (Å²) in [6, 6.07) is 3.83. The predicted octanol–water partition coefficient (Wildman–Crippen LogP) is 2.91. The molecule has 0 aliphatic heterocycles. The normalized spacial score (nSPS) is 8.62. The quantitative estimate of drug-likeness (QED) is 0.504. The van der Waals surface area contributed by atoms with Crippen molar-refractivity contribution < 1.29 is 0 Å². The number of nitrogens with one attached hydrogen (secondary N) is 1. The first-order valence-electron chi connectivity index (χ1n) is 4.52. The molecule has 0 amide bonds. The van der Waals surface area contributed by atoms with Gasteiger partial charge in [-0.1, -0.05) is 13.8 Å². The molecule has 2 heteroatoms. The Balaban J connectivity index is 0.000000671. The highest BCUT2D eigenvalue weighted by Gasteiger charge is 1.98. The predicted molar refractivity (Wildman–Crippen MR) is 59.6 cm³/mol. The maximum Gasteiger partial charge on any atom is 0.0405 e. The van der Waals surface area contributed by atoms with Gasteiger partial charge in [0, 0.05) is 17.5 Å². The minimum absolute atomic E-state index is 0.683. The van der Waals surface area contributed by atoms with E-state index in [2.05, 4.69) is 0 Å². The van der Waals surface area contributed by atoms with Crippen LogP contribution in [0.3, 0.4) is 0 Å². The SMILES string of the molecule is CC.Cc1cc(N)c(C=N)cc1C. The van der Waals surface area contributed by atoms with Crippen molar-refractivity contribution in [2.75, 3.05) is 5.73 Å². The van der Waals surface area contributed by atoms with Crippen molar-refractivity contribution in [3.05, 3.63) is 28.8 Å². The molecular weight excluding hydrogens is 160 g/mol. The minimum Gasteiger partial charge on any atom is -0.398 e. The highest BCUT2D eigenvalue weighted by Crippen LogP contribution is 2.15. The number of benzene rings is 1. The van der Waals surface area contributed by atoms with E-state index in [-0.39, 0.29) is 0 Å². The fraction of sp³-hybridized carbons (Fsp3) is 0.364. The number of nitrogens with two attached hydrogens (primary N) is 1. The largest absolute Gasteiger partial charge is 0.398 e. The third-order valence-corrected chi connectivity index (χ3v) is 1.85. The minimum atomic E-state index is 0.683. The van der Waals surface area contributed by atoms with Crippen LogP contribution in [0.25, 0.3) is 0 Å². The Morgan fingerprint density at radius 1 is 1.15 bits per heavy atom. The van der Waals surface area contributed by atoms with Gasteiger partial charge >= 0.3 is 0 Å². The molecule has 0 heterocycles. The molecule has 0 aromatic heterocycles. The second-order valence-corrected chi connectivity index (χ2v) is 2.71. The number of hydrogen-bond acceptors (Lipinski definition) is 2. The topological polar surface area (TPSA) is 49.9 Å². The first-order valence-corrected chi connectivity index (χ1v) is 4.52. The Hall–Kier alpha value is -1.31. The summed E-state index contributed by atoms with van der Waals surface area (Å²) in [6.45, 7) is 8.03. The van der Waals surface area contributed by atoms with Crippen molar-refractivity contribution in [1.29, 1.82) is 5.41 Å². The van der Waals surface area contributed by atoms with Crippen LogP contribution in [0.15, 0.2) is 12.1 Å². The fourth-order valence-corrected chi connectivity index (χ4v) is 0.986. The number of rotatable bonds is 1. The second kappa shape index (κ2) is 5.36. The van der Waals surface area contributed by atoms with Crippen LogP contribution < -0.4 is 5.73 Å². The lowest BCUT2D eigenvalue weighted by atomic mass is 10.1. The lowest BCUT2D eigenvalue weighted by molar-refractivity contribution is 1.33. The monoisotopic (exact) mass is 178 g/mol. The second-order valence-electron chi connectivity index (χ2n) is 2.71. The molecule has 1 rings (SSSR count). The van der Waals surface area contributed by atoms with Gasteiger partial charge in [-0.15, -0.1) is 0 Å². The molecule has 0 atom stereocenters. The van der Waals surface area contributed by atoms with Gasteiger partial charge < -0.3 is 11.1 Å². The molecule has 3 N–H and O–H groups in total. The van der Waals surface area contributed by atoms with E-state index in [1.165, 1.54) is 17.3 Å². The highest BCUT2D eigenvalue weighted by atomic mass is 14.6. The molecular formula is C11H18N2. The highest BCUT2D eigenvalue weighted by molar-refractivity contribution is 5.85. The van der Waals surface area contributed by atoms with Crippen LogP contribution in [0.5, 0.6) is 0 Å². The summed E-state index contributed by atoms with van der Waals surface area (Å²) in [5, 5.41) is 7.05. The van der Waals surface area contributed by atoms with Crippen LogP contribution in [0.2, 0.25) is 0 Å². The first kappa shape index (κ1) is 11.7. The van der Waals surface area contributed by atoms with Gasteiger partial charge in [0.15, 0.2) is 0 Å².